The summed E-state index contributed by atoms with van der Waals surface area (Å²) in [6.07, 6.45) is 0. The number of fused-ring (bicyclic) bond motifs is 1. The Morgan fingerprint density at radius 3 is 2.50 bits per heavy atom. The zero-order valence-corrected chi connectivity index (χ0v) is 12.1. The van der Waals surface area contributed by atoms with E-state index in [2.05, 4.69) is 4.98 Å². The minimum absolute atomic E-state index is 0.295. The van der Waals surface area contributed by atoms with Crippen LogP contribution in [0.2, 0.25) is 4.34 Å². The zero-order chi connectivity index (χ0) is 14.3. The number of carbonyl (C=O) groups is 1. The number of hydrogen-bond acceptors (Lipinski definition) is 3. The molecule has 20 heavy (non-hydrogen) atoms. The van der Waals surface area contributed by atoms with Gasteiger partial charge in [0, 0.05) is 5.56 Å². The topological polar surface area (TPSA) is 50.2 Å². The number of thiazole rings is 1. The van der Waals surface area contributed by atoms with Gasteiger partial charge in [-0.3, -0.25) is 0 Å². The van der Waals surface area contributed by atoms with Gasteiger partial charge in [0.15, 0.2) is 0 Å². The van der Waals surface area contributed by atoms with Crippen molar-refractivity contribution < 1.29 is 9.90 Å². The SMILES string of the molecule is Cc1nc(-c2ccc(C(=O)O)c3ccccc23)sc1Cl. The largest absolute Gasteiger partial charge is 0.478 e. The van der Waals surface area contributed by atoms with Gasteiger partial charge in [0.25, 0.3) is 0 Å². The van der Waals surface area contributed by atoms with Crippen molar-refractivity contribution in [2.75, 3.05) is 0 Å². The van der Waals surface area contributed by atoms with Crippen LogP contribution in [-0.2, 0) is 0 Å². The second kappa shape index (κ2) is 4.89. The van der Waals surface area contributed by atoms with E-state index in [4.69, 9.17) is 11.6 Å². The highest BCUT2D eigenvalue weighted by molar-refractivity contribution is 7.19. The van der Waals surface area contributed by atoms with E-state index in [1.165, 1.54) is 11.3 Å². The van der Waals surface area contributed by atoms with Crippen LogP contribution in [0.5, 0.6) is 0 Å². The highest BCUT2D eigenvalue weighted by atomic mass is 35.5. The first-order chi connectivity index (χ1) is 9.58. The molecule has 0 aliphatic rings. The lowest BCUT2D eigenvalue weighted by Gasteiger charge is -2.06. The Bertz CT molecular complexity index is 806. The van der Waals surface area contributed by atoms with Crippen LogP contribution in [-0.4, -0.2) is 16.1 Å². The Morgan fingerprint density at radius 2 is 1.90 bits per heavy atom. The predicted octanol–water partition coefficient (Wildman–Crippen LogP) is 4.62. The number of carboxylic acids is 1. The lowest BCUT2D eigenvalue weighted by atomic mass is 10.00. The molecule has 2 aromatic carbocycles. The van der Waals surface area contributed by atoms with Gasteiger partial charge in [-0.05, 0) is 23.8 Å². The average molecular weight is 304 g/mol. The molecule has 5 heteroatoms. The normalized spacial score (nSPS) is 10.9. The van der Waals surface area contributed by atoms with Crippen molar-refractivity contribution in [3.05, 3.63) is 52.0 Å². The summed E-state index contributed by atoms with van der Waals surface area (Å²) in [5, 5.41) is 11.6. The second-order valence-electron chi connectivity index (χ2n) is 4.39. The molecule has 0 radical (unpaired) electrons. The summed E-state index contributed by atoms with van der Waals surface area (Å²) in [5.41, 5.74) is 1.99. The molecule has 1 aromatic heterocycles. The molecule has 0 saturated heterocycles. The molecule has 0 unspecified atom stereocenters. The molecule has 0 bridgehead atoms. The minimum Gasteiger partial charge on any atom is -0.478 e. The van der Waals surface area contributed by atoms with Gasteiger partial charge < -0.3 is 5.11 Å². The third-order valence-corrected chi connectivity index (χ3v) is 4.61. The molecule has 0 spiro atoms. The van der Waals surface area contributed by atoms with Gasteiger partial charge in [-0.1, -0.05) is 41.9 Å². The Morgan fingerprint density at radius 1 is 1.20 bits per heavy atom. The Kier molecular flexibility index (Phi) is 3.20. The Balaban J connectivity index is 2.33. The van der Waals surface area contributed by atoms with Gasteiger partial charge in [0.1, 0.15) is 9.34 Å². The number of carboxylic acid groups (broad SMARTS) is 1. The lowest BCUT2D eigenvalue weighted by Crippen LogP contribution is -1.97. The molecule has 3 aromatic rings. The van der Waals surface area contributed by atoms with Crippen LogP contribution in [0.1, 0.15) is 16.1 Å². The minimum atomic E-state index is -0.930. The molecule has 0 fully saturated rings. The van der Waals surface area contributed by atoms with Crippen molar-refractivity contribution in [1.82, 2.24) is 4.98 Å². The highest BCUT2D eigenvalue weighted by Crippen LogP contribution is 2.36. The maximum absolute atomic E-state index is 11.3. The van der Waals surface area contributed by atoms with Crippen molar-refractivity contribution >= 4 is 39.7 Å². The van der Waals surface area contributed by atoms with Gasteiger partial charge >= 0.3 is 5.97 Å². The van der Waals surface area contributed by atoms with E-state index in [1.807, 2.05) is 31.2 Å². The van der Waals surface area contributed by atoms with Gasteiger partial charge in [-0.2, -0.15) is 0 Å². The van der Waals surface area contributed by atoms with Crippen LogP contribution < -0.4 is 0 Å². The summed E-state index contributed by atoms with van der Waals surface area (Å²) in [6, 6.07) is 10.8. The molecule has 0 aliphatic heterocycles. The smallest absolute Gasteiger partial charge is 0.336 e. The fraction of sp³-hybridized carbons (Fsp3) is 0.0667. The summed E-state index contributed by atoms with van der Waals surface area (Å²) in [5.74, 6) is -0.930. The van der Waals surface area contributed by atoms with Crippen molar-refractivity contribution in [1.29, 1.82) is 0 Å². The van der Waals surface area contributed by atoms with Crippen molar-refractivity contribution in [3.8, 4) is 10.6 Å². The van der Waals surface area contributed by atoms with E-state index in [0.717, 1.165) is 21.7 Å². The highest BCUT2D eigenvalue weighted by Gasteiger charge is 2.15. The number of aryl methyl sites for hydroxylation is 1. The van der Waals surface area contributed by atoms with Crippen molar-refractivity contribution in [3.63, 3.8) is 0 Å². The fourth-order valence-corrected chi connectivity index (χ4v) is 3.26. The standard InChI is InChI=1S/C15H10ClNO2S/c1-8-13(16)20-14(17-8)11-6-7-12(15(18)19)10-5-3-2-4-9(10)11/h2-7H,1H3,(H,18,19). The Hall–Kier alpha value is -1.91. The number of aromatic nitrogens is 1. The zero-order valence-electron chi connectivity index (χ0n) is 10.6. The van der Waals surface area contributed by atoms with E-state index in [9.17, 15) is 9.90 Å². The number of hydrogen-bond donors (Lipinski definition) is 1. The van der Waals surface area contributed by atoms with Crippen LogP contribution in [0, 0.1) is 6.92 Å². The fourth-order valence-electron chi connectivity index (χ4n) is 2.17. The molecule has 100 valence electrons. The van der Waals surface area contributed by atoms with E-state index < -0.39 is 5.97 Å². The van der Waals surface area contributed by atoms with Gasteiger partial charge in [0.05, 0.1) is 11.3 Å². The average Bonchev–Trinajstić information content (AvgIpc) is 2.77. The maximum Gasteiger partial charge on any atom is 0.336 e. The third kappa shape index (κ3) is 2.07. The van der Waals surface area contributed by atoms with E-state index in [0.29, 0.717) is 15.3 Å². The summed E-state index contributed by atoms with van der Waals surface area (Å²) in [7, 11) is 0. The summed E-state index contributed by atoms with van der Waals surface area (Å²) < 4.78 is 0.659. The number of rotatable bonds is 2. The van der Waals surface area contributed by atoms with Gasteiger partial charge in [-0.15, -0.1) is 11.3 Å². The van der Waals surface area contributed by atoms with Crippen LogP contribution in [0.3, 0.4) is 0 Å². The molecule has 3 nitrogen and oxygen atoms in total. The van der Waals surface area contributed by atoms with E-state index >= 15 is 0 Å². The van der Waals surface area contributed by atoms with E-state index in [-0.39, 0.29) is 0 Å². The summed E-state index contributed by atoms with van der Waals surface area (Å²) >= 11 is 7.48. The first kappa shape index (κ1) is 13.1. The van der Waals surface area contributed by atoms with Crippen LogP contribution >= 0.6 is 22.9 Å². The molecule has 3 rings (SSSR count). The number of halogens is 1. The third-order valence-electron chi connectivity index (χ3n) is 3.12. The monoisotopic (exact) mass is 303 g/mol. The number of aromatic carboxylic acids is 1. The van der Waals surface area contributed by atoms with Crippen LogP contribution in [0.4, 0.5) is 0 Å². The summed E-state index contributed by atoms with van der Waals surface area (Å²) in [4.78, 5) is 15.7. The number of nitrogens with zero attached hydrogens (tertiary/aromatic N) is 1. The van der Waals surface area contributed by atoms with Crippen LogP contribution in [0.15, 0.2) is 36.4 Å². The predicted molar refractivity (Wildman–Crippen MR) is 81.8 cm³/mol. The number of benzene rings is 2. The molecule has 0 aliphatic carbocycles. The molecule has 1 heterocycles. The molecular weight excluding hydrogens is 294 g/mol. The lowest BCUT2D eigenvalue weighted by molar-refractivity contribution is 0.0699. The van der Waals surface area contributed by atoms with Crippen molar-refractivity contribution in [2.45, 2.75) is 6.92 Å². The second-order valence-corrected chi connectivity index (χ2v) is 5.99. The molecule has 0 saturated carbocycles. The summed E-state index contributed by atoms with van der Waals surface area (Å²) in [6.45, 7) is 1.86. The molecule has 0 atom stereocenters. The Labute approximate surface area is 124 Å². The molecular formula is C15H10ClNO2S. The quantitative estimate of drug-likeness (QED) is 0.751. The first-order valence-electron chi connectivity index (χ1n) is 5.96. The van der Waals surface area contributed by atoms with E-state index in [1.54, 1.807) is 12.1 Å². The molecule has 0 amide bonds. The molecule has 1 N–H and O–H groups in total. The van der Waals surface area contributed by atoms with Gasteiger partial charge in [0.2, 0.25) is 0 Å². The van der Waals surface area contributed by atoms with Crippen molar-refractivity contribution in [2.24, 2.45) is 0 Å². The maximum atomic E-state index is 11.3. The van der Waals surface area contributed by atoms with Gasteiger partial charge in [-0.25, -0.2) is 9.78 Å². The first-order valence-corrected chi connectivity index (χ1v) is 7.15. The van der Waals surface area contributed by atoms with Crippen LogP contribution in [0.25, 0.3) is 21.3 Å².